The van der Waals surface area contributed by atoms with Crippen molar-refractivity contribution in [1.82, 2.24) is 24.1 Å². The molecule has 0 saturated heterocycles. The summed E-state index contributed by atoms with van der Waals surface area (Å²) in [5, 5.41) is 13.7. The van der Waals surface area contributed by atoms with E-state index in [2.05, 4.69) is 31.4 Å². The highest BCUT2D eigenvalue weighted by Gasteiger charge is 2.15. The fourth-order valence-electron chi connectivity index (χ4n) is 2.75. The normalized spacial score (nSPS) is 11.3. The minimum absolute atomic E-state index is 0.0440. The SMILES string of the molecule is COc1cc(C=NNC(=O)Cn2cnc3c(=O)n(C)c(=O)n(C)c32)cc(Br)c1O. The third-order valence-corrected chi connectivity index (χ3v) is 4.80. The molecule has 0 saturated carbocycles. The van der Waals surface area contributed by atoms with E-state index in [1.807, 2.05) is 0 Å². The lowest BCUT2D eigenvalue weighted by Crippen LogP contribution is -2.37. The Morgan fingerprint density at radius 2 is 2.07 bits per heavy atom. The number of aromatic nitrogens is 4. The molecule has 0 aliphatic rings. The van der Waals surface area contributed by atoms with Crippen LogP contribution in [0.2, 0.25) is 0 Å². The Labute approximate surface area is 172 Å². The molecule has 152 valence electrons. The minimum Gasteiger partial charge on any atom is -0.503 e. The summed E-state index contributed by atoms with van der Waals surface area (Å²) in [6.45, 7) is -0.198. The van der Waals surface area contributed by atoms with Gasteiger partial charge >= 0.3 is 5.69 Å². The number of amides is 1. The second kappa shape index (κ2) is 7.91. The number of nitrogens with one attached hydrogen (secondary N) is 1. The summed E-state index contributed by atoms with van der Waals surface area (Å²) in [5.41, 5.74) is 2.21. The van der Waals surface area contributed by atoms with E-state index in [-0.39, 0.29) is 29.2 Å². The Kier molecular flexibility index (Phi) is 5.55. The smallest absolute Gasteiger partial charge is 0.332 e. The number of benzene rings is 1. The number of ether oxygens (including phenoxy) is 1. The number of carbonyl (C=O) groups is 1. The van der Waals surface area contributed by atoms with Crippen molar-refractivity contribution in [3.8, 4) is 11.5 Å². The topological polar surface area (TPSA) is 133 Å². The highest BCUT2D eigenvalue weighted by atomic mass is 79.9. The lowest BCUT2D eigenvalue weighted by atomic mass is 10.2. The van der Waals surface area contributed by atoms with Crippen molar-refractivity contribution < 1.29 is 14.6 Å². The minimum atomic E-state index is -0.535. The summed E-state index contributed by atoms with van der Waals surface area (Å²) in [4.78, 5) is 40.5. The number of phenols is 1. The second-order valence-electron chi connectivity index (χ2n) is 6.10. The van der Waals surface area contributed by atoms with E-state index in [1.165, 1.54) is 42.9 Å². The Hall–Kier alpha value is -3.41. The summed E-state index contributed by atoms with van der Waals surface area (Å²) in [6.07, 6.45) is 2.69. The van der Waals surface area contributed by atoms with E-state index in [9.17, 15) is 19.5 Å². The Morgan fingerprint density at radius 1 is 1.34 bits per heavy atom. The third-order valence-electron chi connectivity index (χ3n) is 4.20. The first-order valence-electron chi connectivity index (χ1n) is 8.23. The van der Waals surface area contributed by atoms with Crippen molar-refractivity contribution in [2.24, 2.45) is 19.2 Å². The van der Waals surface area contributed by atoms with Crippen molar-refractivity contribution >= 4 is 39.2 Å². The number of nitrogens with zero attached hydrogens (tertiary/aromatic N) is 5. The van der Waals surface area contributed by atoms with Crippen molar-refractivity contribution in [2.45, 2.75) is 6.54 Å². The van der Waals surface area contributed by atoms with Crippen LogP contribution in [-0.4, -0.2) is 43.0 Å². The first kappa shape index (κ1) is 20.3. The van der Waals surface area contributed by atoms with Crippen LogP contribution in [0.3, 0.4) is 0 Å². The second-order valence-corrected chi connectivity index (χ2v) is 6.95. The molecule has 2 N–H and O–H groups in total. The summed E-state index contributed by atoms with van der Waals surface area (Å²) >= 11 is 3.20. The molecule has 1 amide bonds. The van der Waals surface area contributed by atoms with Gasteiger partial charge < -0.3 is 14.4 Å². The number of halogens is 1. The van der Waals surface area contributed by atoms with Gasteiger partial charge in [0, 0.05) is 14.1 Å². The summed E-state index contributed by atoms with van der Waals surface area (Å²) < 4.78 is 9.06. The van der Waals surface area contributed by atoms with Gasteiger partial charge in [0.05, 0.1) is 24.1 Å². The highest BCUT2D eigenvalue weighted by molar-refractivity contribution is 9.10. The number of carbonyl (C=O) groups excluding carboxylic acids is 1. The van der Waals surface area contributed by atoms with E-state index < -0.39 is 17.2 Å². The van der Waals surface area contributed by atoms with Crippen LogP contribution in [0.15, 0.2) is 37.6 Å². The molecule has 0 spiro atoms. The maximum atomic E-state index is 12.2. The fourth-order valence-corrected chi connectivity index (χ4v) is 3.21. The van der Waals surface area contributed by atoms with Crippen LogP contribution in [0.25, 0.3) is 11.2 Å². The molecular weight excluding hydrogens is 448 g/mol. The van der Waals surface area contributed by atoms with Crippen LogP contribution < -0.4 is 21.4 Å². The molecule has 0 fully saturated rings. The molecular formula is C17H17BrN6O5. The predicted molar refractivity (Wildman–Crippen MR) is 108 cm³/mol. The summed E-state index contributed by atoms with van der Waals surface area (Å²) in [7, 11) is 4.27. The van der Waals surface area contributed by atoms with Crippen molar-refractivity contribution in [3.63, 3.8) is 0 Å². The average molecular weight is 465 g/mol. The summed E-state index contributed by atoms with van der Waals surface area (Å²) in [6, 6.07) is 3.15. The zero-order chi connectivity index (χ0) is 21.3. The van der Waals surface area contributed by atoms with E-state index in [0.29, 0.717) is 10.0 Å². The standard InChI is InChI=1S/C17H17BrN6O5/c1-22-15-13(16(27)23(2)17(22)28)19-8-24(15)7-12(25)21-20-6-9-4-10(18)14(26)11(5-9)29-3/h4-6,8,26H,7H2,1-3H3,(H,21,25). The molecule has 3 rings (SSSR count). The van der Waals surface area contributed by atoms with Gasteiger partial charge in [0.1, 0.15) is 12.2 Å². The lowest BCUT2D eigenvalue weighted by Gasteiger charge is -2.08. The van der Waals surface area contributed by atoms with Crippen LogP contribution in [0.5, 0.6) is 11.5 Å². The number of aryl methyl sites for hydroxylation is 1. The first-order chi connectivity index (χ1) is 13.7. The molecule has 29 heavy (non-hydrogen) atoms. The quantitative estimate of drug-likeness (QED) is 0.405. The van der Waals surface area contributed by atoms with Gasteiger partial charge in [-0.25, -0.2) is 15.2 Å². The Bertz CT molecular complexity index is 1260. The van der Waals surface area contributed by atoms with Gasteiger partial charge in [0.2, 0.25) is 0 Å². The number of hydrogen-bond acceptors (Lipinski definition) is 7. The Morgan fingerprint density at radius 3 is 2.76 bits per heavy atom. The zero-order valence-electron chi connectivity index (χ0n) is 15.7. The fraction of sp³-hybridized carbons (Fsp3) is 0.235. The number of aromatic hydroxyl groups is 1. The van der Waals surface area contributed by atoms with Crippen LogP contribution in [-0.2, 0) is 25.4 Å². The van der Waals surface area contributed by atoms with Gasteiger partial charge in [0.15, 0.2) is 17.0 Å². The van der Waals surface area contributed by atoms with Crippen molar-refractivity contribution in [2.75, 3.05) is 7.11 Å². The maximum Gasteiger partial charge on any atom is 0.332 e. The van der Waals surface area contributed by atoms with Crippen molar-refractivity contribution in [3.05, 3.63) is 49.3 Å². The molecule has 2 aromatic heterocycles. The lowest BCUT2D eigenvalue weighted by molar-refractivity contribution is -0.121. The molecule has 0 aliphatic carbocycles. The molecule has 0 aliphatic heterocycles. The van der Waals surface area contributed by atoms with Gasteiger partial charge in [0.25, 0.3) is 11.5 Å². The highest BCUT2D eigenvalue weighted by Crippen LogP contribution is 2.34. The van der Waals surface area contributed by atoms with Crippen LogP contribution in [0, 0.1) is 0 Å². The molecule has 0 atom stereocenters. The number of hydrazone groups is 1. The number of phenolic OH excluding ortho intramolecular Hbond substituents is 1. The monoisotopic (exact) mass is 464 g/mol. The molecule has 12 heteroatoms. The van der Waals surface area contributed by atoms with Gasteiger partial charge in [-0.05, 0) is 33.6 Å². The van der Waals surface area contributed by atoms with Gasteiger partial charge in [-0.1, -0.05) is 0 Å². The average Bonchev–Trinajstić information content (AvgIpc) is 3.10. The molecule has 1 aromatic carbocycles. The zero-order valence-corrected chi connectivity index (χ0v) is 17.3. The Balaban J connectivity index is 1.79. The number of methoxy groups -OCH3 is 1. The molecule has 2 heterocycles. The number of hydrogen-bond donors (Lipinski definition) is 2. The van der Waals surface area contributed by atoms with Gasteiger partial charge in [-0.2, -0.15) is 5.10 Å². The third kappa shape index (κ3) is 3.78. The molecule has 3 aromatic rings. The molecule has 11 nitrogen and oxygen atoms in total. The predicted octanol–water partition coefficient (Wildman–Crippen LogP) is 0.0607. The molecule has 0 bridgehead atoms. The largest absolute Gasteiger partial charge is 0.503 e. The number of fused-ring (bicyclic) bond motifs is 1. The number of imidazole rings is 1. The van der Waals surface area contributed by atoms with E-state index in [0.717, 1.165) is 4.57 Å². The van der Waals surface area contributed by atoms with Crippen LogP contribution in [0.1, 0.15) is 5.56 Å². The summed E-state index contributed by atoms with van der Waals surface area (Å²) in [5.74, 6) is -0.282. The van der Waals surface area contributed by atoms with Crippen LogP contribution in [0.4, 0.5) is 0 Å². The van der Waals surface area contributed by atoms with E-state index in [4.69, 9.17) is 4.74 Å². The van der Waals surface area contributed by atoms with Crippen molar-refractivity contribution in [1.29, 1.82) is 0 Å². The maximum absolute atomic E-state index is 12.2. The van der Waals surface area contributed by atoms with E-state index >= 15 is 0 Å². The van der Waals surface area contributed by atoms with E-state index in [1.54, 1.807) is 12.1 Å². The number of rotatable bonds is 5. The molecule has 0 unspecified atom stereocenters. The first-order valence-corrected chi connectivity index (χ1v) is 9.03. The van der Waals surface area contributed by atoms with Gasteiger partial charge in [-0.15, -0.1) is 0 Å². The molecule has 0 radical (unpaired) electrons. The van der Waals surface area contributed by atoms with Gasteiger partial charge in [-0.3, -0.25) is 18.7 Å². The van der Waals surface area contributed by atoms with Crippen LogP contribution >= 0.6 is 15.9 Å².